The quantitative estimate of drug-likeness (QED) is 0.869. The lowest BCUT2D eigenvalue weighted by Crippen LogP contribution is -2.27. The molecule has 1 aromatic rings. The number of hydrogen-bond acceptors (Lipinski definition) is 4. The highest BCUT2D eigenvalue weighted by Gasteiger charge is 2.21. The molecular formula is C14H24N4. The van der Waals surface area contributed by atoms with Crippen LogP contribution in [-0.2, 0) is 0 Å². The van der Waals surface area contributed by atoms with Crippen LogP contribution in [0.15, 0.2) is 12.1 Å². The van der Waals surface area contributed by atoms with Crippen molar-refractivity contribution in [1.82, 2.24) is 15.1 Å². The van der Waals surface area contributed by atoms with Gasteiger partial charge in [-0.2, -0.15) is 5.10 Å². The summed E-state index contributed by atoms with van der Waals surface area (Å²) in [7, 11) is 0. The number of aromatic nitrogens is 2. The van der Waals surface area contributed by atoms with Gasteiger partial charge in [-0.1, -0.05) is 20.8 Å². The van der Waals surface area contributed by atoms with Crippen LogP contribution in [0.3, 0.4) is 0 Å². The number of likely N-dealkylation sites (tertiary alicyclic amines) is 1. The first-order valence-corrected chi connectivity index (χ1v) is 7.01. The van der Waals surface area contributed by atoms with Gasteiger partial charge in [-0.05, 0) is 37.4 Å². The van der Waals surface area contributed by atoms with E-state index >= 15 is 0 Å². The molecule has 0 saturated carbocycles. The third-order valence-corrected chi connectivity index (χ3v) is 3.44. The Bertz CT molecular complexity index is 361. The van der Waals surface area contributed by atoms with E-state index in [1.54, 1.807) is 0 Å². The van der Waals surface area contributed by atoms with Crippen molar-refractivity contribution in [3.63, 3.8) is 0 Å². The molecule has 1 fully saturated rings. The van der Waals surface area contributed by atoms with Gasteiger partial charge in [0.2, 0.25) is 0 Å². The van der Waals surface area contributed by atoms with Gasteiger partial charge in [0.15, 0.2) is 0 Å². The highest BCUT2D eigenvalue weighted by molar-refractivity contribution is 5.35. The smallest absolute Gasteiger partial charge is 0.148 e. The van der Waals surface area contributed by atoms with Gasteiger partial charge in [-0.3, -0.25) is 0 Å². The summed E-state index contributed by atoms with van der Waals surface area (Å²) in [4.78, 5) is 2.51. The van der Waals surface area contributed by atoms with Crippen LogP contribution in [0.4, 0.5) is 5.82 Å². The molecule has 2 heterocycles. The van der Waals surface area contributed by atoms with Gasteiger partial charge in [0.1, 0.15) is 5.82 Å². The van der Waals surface area contributed by atoms with Crippen molar-refractivity contribution in [3.8, 4) is 0 Å². The van der Waals surface area contributed by atoms with Crippen LogP contribution < -0.4 is 5.32 Å². The molecule has 4 heteroatoms. The number of nitrogens with one attached hydrogen (secondary N) is 1. The monoisotopic (exact) mass is 248 g/mol. The van der Waals surface area contributed by atoms with Gasteiger partial charge in [-0.25, -0.2) is 0 Å². The minimum atomic E-state index is 0.443. The van der Waals surface area contributed by atoms with Crippen LogP contribution in [-0.4, -0.2) is 40.8 Å². The molecular weight excluding hydrogens is 224 g/mol. The maximum Gasteiger partial charge on any atom is 0.148 e. The van der Waals surface area contributed by atoms with Crippen molar-refractivity contribution < 1.29 is 0 Å². The number of hydrogen-bond donors (Lipinski definition) is 1. The van der Waals surface area contributed by atoms with Gasteiger partial charge in [-0.15, -0.1) is 5.10 Å². The molecule has 100 valence electrons. The zero-order valence-corrected chi connectivity index (χ0v) is 11.7. The Kier molecular flexibility index (Phi) is 4.53. The molecule has 0 bridgehead atoms. The second kappa shape index (κ2) is 6.14. The van der Waals surface area contributed by atoms with Crippen LogP contribution >= 0.6 is 0 Å². The third kappa shape index (κ3) is 3.42. The fourth-order valence-corrected chi connectivity index (χ4v) is 2.41. The molecule has 4 nitrogen and oxygen atoms in total. The van der Waals surface area contributed by atoms with Crippen molar-refractivity contribution in [2.75, 3.05) is 25.0 Å². The Morgan fingerprint density at radius 2 is 2.22 bits per heavy atom. The van der Waals surface area contributed by atoms with Crippen molar-refractivity contribution in [2.45, 2.75) is 45.6 Å². The normalized spacial score (nSPS) is 20.6. The van der Waals surface area contributed by atoms with Gasteiger partial charge in [0.05, 0.1) is 5.69 Å². The summed E-state index contributed by atoms with van der Waals surface area (Å²) in [5.74, 6) is 1.35. The van der Waals surface area contributed by atoms with Crippen molar-refractivity contribution >= 4 is 5.82 Å². The largest absolute Gasteiger partial charge is 0.365 e. The van der Waals surface area contributed by atoms with Crippen LogP contribution in [0.1, 0.15) is 45.2 Å². The fourth-order valence-electron chi connectivity index (χ4n) is 2.41. The lowest BCUT2D eigenvalue weighted by atomic mass is 10.1. The van der Waals surface area contributed by atoms with E-state index in [9.17, 15) is 0 Å². The molecule has 1 saturated heterocycles. The Balaban J connectivity index is 1.86. The molecule has 0 radical (unpaired) electrons. The van der Waals surface area contributed by atoms with Gasteiger partial charge in [0, 0.05) is 19.1 Å². The molecule has 1 N–H and O–H groups in total. The van der Waals surface area contributed by atoms with Crippen molar-refractivity contribution in [2.24, 2.45) is 0 Å². The molecule has 0 amide bonds. The molecule has 1 aliphatic rings. The highest BCUT2D eigenvalue weighted by atomic mass is 15.2. The maximum atomic E-state index is 4.25. The molecule has 0 spiro atoms. The van der Waals surface area contributed by atoms with E-state index < -0.39 is 0 Å². The highest BCUT2D eigenvalue weighted by Crippen LogP contribution is 2.16. The lowest BCUT2D eigenvalue weighted by Gasteiger charge is -2.16. The van der Waals surface area contributed by atoms with Crippen LogP contribution in [0.2, 0.25) is 0 Å². The summed E-state index contributed by atoms with van der Waals surface area (Å²) >= 11 is 0. The fraction of sp³-hybridized carbons (Fsp3) is 0.714. The Hall–Kier alpha value is -1.16. The first kappa shape index (κ1) is 13.3. The van der Waals surface area contributed by atoms with Crippen LogP contribution in [0, 0.1) is 0 Å². The Morgan fingerprint density at radius 1 is 1.39 bits per heavy atom. The van der Waals surface area contributed by atoms with Gasteiger partial charge in [0.25, 0.3) is 0 Å². The van der Waals surface area contributed by atoms with E-state index in [0.717, 1.165) is 18.1 Å². The predicted molar refractivity (Wildman–Crippen MR) is 74.9 cm³/mol. The summed E-state index contributed by atoms with van der Waals surface area (Å²) in [6.45, 7) is 10.0. The summed E-state index contributed by atoms with van der Waals surface area (Å²) in [6, 6.07) is 4.64. The van der Waals surface area contributed by atoms with Crippen LogP contribution in [0.25, 0.3) is 0 Å². The summed E-state index contributed by atoms with van der Waals surface area (Å²) < 4.78 is 0. The van der Waals surface area contributed by atoms with E-state index in [2.05, 4.69) is 47.3 Å². The number of nitrogens with zero attached hydrogens (tertiary/aromatic N) is 3. The topological polar surface area (TPSA) is 41.0 Å². The third-order valence-electron chi connectivity index (χ3n) is 3.44. The number of anilines is 1. The summed E-state index contributed by atoms with van der Waals surface area (Å²) in [5, 5.41) is 12.0. The first-order valence-electron chi connectivity index (χ1n) is 7.01. The van der Waals surface area contributed by atoms with E-state index in [-0.39, 0.29) is 0 Å². The zero-order chi connectivity index (χ0) is 13.0. The maximum absolute atomic E-state index is 4.25. The van der Waals surface area contributed by atoms with Crippen LogP contribution in [0.5, 0.6) is 0 Å². The number of rotatable bonds is 5. The zero-order valence-electron chi connectivity index (χ0n) is 11.7. The van der Waals surface area contributed by atoms with E-state index in [1.807, 2.05) is 6.07 Å². The minimum absolute atomic E-state index is 0.443. The lowest BCUT2D eigenvalue weighted by molar-refractivity contribution is 0.337. The molecule has 0 aliphatic carbocycles. The minimum Gasteiger partial charge on any atom is -0.365 e. The van der Waals surface area contributed by atoms with Gasteiger partial charge < -0.3 is 10.2 Å². The summed E-state index contributed by atoms with van der Waals surface area (Å²) in [6.07, 6.45) is 2.43. The molecule has 2 rings (SSSR count). The molecule has 1 aliphatic heterocycles. The van der Waals surface area contributed by atoms with Gasteiger partial charge >= 0.3 is 0 Å². The predicted octanol–water partition coefficient (Wildman–Crippen LogP) is 2.50. The standard InChI is InChI=1S/C14H24N4/c1-4-8-18-9-7-12(10-18)15-14-6-5-13(11(2)3)16-17-14/h5-6,11-12H,4,7-10H2,1-3H3,(H,15,17)/t12-/m0/s1. The average molecular weight is 248 g/mol. The van der Waals surface area contributed by atoms with E-state index in [4.69, 9.17) is 0 Å². The average Bonchev–Trinajstić information content (AvgIpc) is 2.78. The Morgan fingerprint density at radius 3 is 2.83 bits per heavy atom. The molecule has 1 aromatic heterocycles. The molecule has 0 aromatic carbocycles. The molecule has 1 atom stereocenters. The summed E-state index contributed by atoms with van der Waals surface area (Å²) in [5.41, 5.74) is 1.06. The van der Waals surface area contributed by atoms with E-state index in [1.165, 1.54) is 25.9 Å². The molecule has 0 unspecified atom stereocenters. The molecule has 18 heavy (non-hydrogen) atoms. The van der Waals surface area contributed by atoms with Crippen molar-refractivity contribution in [1.29, 1.82) is 0 Å². The van der Waals surface area contributed by atoms with E-state index in [0.29, 0.717) is 12.0 Å². The van der Waals surface area contributed by atoms with Crippen molar-refractivity contribution in [3.05, 3.63) is 17.8 Å². The second-order valence-electron chi connectivity index (χ2n) is 5.43. The second-order valence-corrected chi connectivity index (χ2v) is 5.43. The Labute approximate surface area is 110 Å². The first-order chi connectivity index (χ1) is 8.69. The SMILES string of the molecule is CCCN1CC[C@H](Nc2ccc(C(C)C)nn2)C1.